The Kier molecular flexibility index (Phi) is 5.37. The molecule has 0 aliphatic carbocycles. The van der Waals surface area contributed by atoms with Crippen molar-refractivity contribution in [2.45, 2.75) is 19.6 Å². The van der Waals surface area contributed by atoms with Crippen LogP contribution in [0.5, 0.6) is 0 Å². The Hall–Kier alpha value is -2.83. The largest absolute Gasteiger partial charge is 0.306 e. The number of thiophene rings is 1. The number of nitrogens with zero attached hydrogens (tertiary/aromatic N) is 3. The van der Waals surface area contributed by atoms with Gasteiger partial charge in [-0.1, -0.05) is 48.5 Å². The summed E-state index contributed by atoms with van der Waals surface area (Å²) in [7, 11) is 0. The average molecular weight is 378 g/mol. The van der Waals surface area contributed by atoms with Gasteiger partial charge in [0, 0.05) is 23.5 Å². The van der Waals surface area contributed by atoms with Crippen LogP contribution in [0.1, 0.15) is 16.1 Å². The number of nitrogens with one attached hydrogen (secondary N) is 1. The van der Waals surface area contributed by atoms with Crippen molar-refractivity contribution < 1.29 is 4.39 Å². The van der Waals surface area contributed by atoms with Crippen LogP contribution in [0.25, 0.3) is 11.3 Å². The van der Waals surface area contributed by atoms with Gasteiger partial charge in [0.05, 0.1) is 6.54 Å². The third-order valence-electron chi connectivity index (χ3n) is 4.18. The molecular weight excluding hydrogens is 359 g/mol. The maximum Gasteiger partial charge on any atom is 0.123 e. The molecule has 27 heavy (non-hydrogen) atoms. The Morgan fingerprint density at radius 2 is 1.70 bits per heavy atom. The summed E-state index contributed by atoms with van der Waals surface area (Å²) in [6.45, 7) is 1.94. The van der Waals surface area contributed by atoms with Crippen LogP contribution >= 0.6 is 11.3 Å². The fourth-order valence-corrected chi connectivity index (χ4v) is 3.54. The average Bonchev–Trinajstić information content (AvgIpc) is 3.35. The minimum atomic E-state index is -0.240. The highest BCUT2D eigenvalue weighted by Crippen LogP contribution is 2.20. The van der Waals surface area contributed by atoms with Crippen molar-refractivity contribution in [1.82, 2.24) is 20.3 Å². The maximum atomic E-state index is 13.1. The van der Waals surface area contributed by atoms with E-state index >= 15 is 0 Å². The van der Waals surface area contributed by atoms with Gasteiger partial charge in [-0.15, -0.1) is 11.3 Å². The van der Waals surface area contributed by atoms with Gasteiger partial charge in [0.25, 0.3) is 0 Å². The van der Waals surface area contributed by atoms with E-state index in [0.29, 0.717) is 13.1 Å². The molecule has 0 bridgehead atoms. The summed E-state index contributed by atoms with van der Waals surface area (Å²) in [5, 5.41) is 14.9. The zero-order valence-electron chi connectivity index (χ0n) is 14.7. The van der Waals surface area contributed by atoms with Crippen LogP contribution in [-0.2, 0) is 19.6 Å². The molecule has 0 aliphatic rings. The standard InChI is InChI=1S/C21H19FN4S/c22-18-10-8-16(9-11-18)15-26-24-20(14-23-13-19-7-4-12-27-19)21(25-26)17-5-2-1-3-6-17/h1-12,23H,13-15H2. The van der Waals surface area contributed by atoms with Crippen LogP contribution in [0.15, 0.2) is 72.1 Å². The summed E-state index contributed by atoms with van der Waals surface area (Å²) in [6, 6.07) is 20.7. The van der Waals surface area contributed by atoms with Crippen LogP contribution in [0.4, 0.5) is 4.39 Å². The summed E-state index contributed by atoms with van der Waals surface area (Å²) in [5.41, 5.74) is 3.77. The lowest BCUT2D eigenvalue weighted by molar-refractivity contribution is 0.574. The highest BCUT2D eigenvalue weighted by molar-refractivity contribution is 7.09. The Balaban J connectivity index is 1.55. The molecule has 2 aromatic heterocycles. The second-order valence-corrected chi connectivity index (χ2v) is 7.23. The lowest BCUT2D eigenvalue weighted by Gasteiger charge is -2.02. The quantitative estimate of drug-likeness (QED) is 0.515. The van der Waals surface area contributed by atoms with Gasteiger partial charge in [0.2, 0.25) is 0 Å². The lowest BCUT2D eigenvalue weighted by Crippen LogP contribution is -2.13. The first-order chi connectivity index (χ1) is 13.3. The fraction of sp³-hybridized carbons (Fsp3) is 0.143. The van der Waals surface area contributed by atoms with E-state index in [-0.39, 0.29) is 5.82 Å². The molecular formula is C21H19FN4S. The van der Waals surface area contributed by atoms with Crippen molar-refractivity contribution in [2.24, 2.45) is 0 Å². The molecule has 0 fully saturated rings. The van der Waals surface area contributed by atoms with Crippen LogP contribution in [0, 0.1) is 5.82 Å². The molecule has 4 nitrogen and oxygen atoms in total. The van der Waals surface area contributed by atoms with E-state index in [4.69, 9.17) is 0 Å². The molecule has 0 spiro atoms. The van der Waals surface area contributed by atoms with Crippen LogP contribution in [-0.4, -0.2) is 15.0 Å². The highest BCUT2D eigenvalue weighted by Gasteiger charge is 2.13. The molecule has 0 amide bonds. The molecule has 2 heterocycles. The molecule has 2 aromatic carbocycles. The molecule has 0 saturated heterocycles. The van der Waals surface area contributed by atoms with Gasteiger partial charge in [-0.05, 0) is 29.1 Å². The van der Waals surface area contributed by atoms with E-state index < -0.39 is 0 Å². The Bertz CT molecular complexity index is 979. The second kappa shape index (κ2) is 8.24. The number of hydrogen-bond donors (Lipinski definition) is 1. The summed E-state index contributed by atoms with van der Waals surface area (Å²) < 4.78 is 13.1. The van der Waals surface area contributed by atoms with Crippen LogP contribution in [0.2, 0.25) is 0 Å². The molecule has 136 valence electrons. The second-order valence-electron chi connectivity index (χ2n) is 6.20. The van der Waals surface area contributed by atoms with Crippen molar-refractivity contribution in [2.75, 3.05) is 0 Å². The zero-order chi connectivity index (χ0) is 18.5. The van der Waals surface area contributed by atoms with Crippen molar-refractivity contribution in [3.63, 3.8) is 0 Å². The van der Waals surface area contributed by atoms with Gasteiger partial charge >= 0.3 is 0 Å². The Morgan fingerprint density at radius 1 is 0.889 bits per heavy atom. The first-order valence-corrected chi connectivity index (χ1v) is 9.63. The fourth-order valence-electron chi connectivity index (χ4n) is 2.86. The van der Waals surface area contributed by atoms with Crippen molar-refractivity contribution in [3.8, 4) is 11.3 Å². The van der Waals surface area contributed by atoms with E-state index in [0.717, 1.165) is 29.1 Å². The molecule has 0 unspecified atom stereocenters. The predicted molar refractivity (Wildman–Crippen MR) is 106 cm³/mol. The minimum Gasteiger partial charge on any atom is -0.306 e. The Labute approximate surface area is 161 Å². The molecule has 0 aliphatic heterocycles. The zero-order valence-corrected chi connectivity index (χ0v) is 15.5. The molecule has 4 rings (SSSR count). The van der Waals surface area contributed by atoms with E-state index in [1.54, 1.807) is 28.3 Å². The van der Waals surface area contributed by atoms with Crippen molar-refractivity contribution in [3.05, 3.63) is 94.1 Å². The number of rotatable bonds is 7. The maximum absolute atomic E-state index is 13.1. The van der Waals surface area contributed by atoms with Gasteiger partial charge in [0.15, 0.2) is 0 Å². The number of hydrogen-bond acceptors (Lipinski definition) is 4. The third kappa shape index (κ3) is 4.48. The van der Waals surface area contributed by atoms with Gasteiger partial charge in [-0.3, -0.25) is 0 Å². The first kappa shape index (κ1) is 17.6. The molecule has 0 atom stereocenters. The predicted octanol–water partition coefficient (Wildman–Crippen LogP) is 4.48. The molecule has 0 radical (unpaired) electrons. The minimum absolute atomic E-state index is 0.240. The van der Waals surface area contributed by atoms with Crippen LogP contribution < -0.4 is 5.32 Å². The van der Waals surface area contributed by atoms with Gasteiger partial charge in [-0.2, -0.15) is 15.0 Å². The topological polar surface area (TPSA) is 42.7 Å². The number of aromatic nitrogens is 3. The molecule has 1 N–H and O–H groups in total. The molecule has 4 aromatic rings. The smallest absolute Gasteiger partial charge is 0.123 e. The van der Waals surface area contributed by atoms with Crippen molar-refractivity contribution in [1.29, 1.82) is 0 Å². The van der Waals surface area contributed by atoms with Crippen LogP contribution in [0.3, 0.4) is 0 Å². The van der Waals surface area contributed by atoms with Crippen molar-refractivity contribution >= 4 is 11.3 Å². The van der Waals surface area contributed by atoms with Gasteiger partial charge < -0.3 is 5.32 Å². The van der Waals surface area contributed by atoms with Gasteiger partial charge in [0.1, 0.15) is 17.2 Å². The summed E-state index contributed by atoms with van der Waals surface area (Å²) in [5.74, 6) is -0.240. The number of halogens is 1. The number of benzene rings is 2. The molecule has 6 heteroatoms. The lowest BCUT2D eigenvalue weighted by atomic mass is 10.1. The first-order valence-electron chi connectivity index (χ1n) is 8.75. The highest BCUT2D eigenvalue weighted by atomic mass is 32.1. The molecule has 0 saturated carbocycles. The Morgan fingerprint density at radius 3 is 2.44 bits per heavy atom. The van der Waals surface area contributed by atoms with E-state index in [1.165, 1.54) is 17.0 Å². The van der Waals surface area contributed by atoms with E-state index in [2.05, 4.69) is 33.0 Å². The monoisotopic (exact) mass is 378 g/mol. The normalized spacial score (nSPS) is 11.0. The van der Waals surface area contributed by atoms with Gasteiger partial charge in [-0.25, -0.2) is 4.39 Å². The summed E-state index contributed by atoms with van der Waals surface area (Å²) in [4.78, 5) is 2.97. The van der Waals surface area contributed by atoms with E-state index in [9.17, 15) is 4.39 Å². The third-order valence-corrected chi connectivity index (χ3v) is 5.06. The van der Waals surface area contributed by atoms with E-state index in [1.807, 2.05) is 30.3 Å². The SMILES string of the molecule is Fc1ccc(Cn2nc(CNCc3cccs3)c(-c3ccccc3)n2)cc1. The summed E-state index contributed by atoms with van der Waals surface area (Å²) >= 11 is 1.73. The summed E-state index contributed by atoms with van der Waals surface area (Å²) in [6.07, 6.45) is 0.